The summed E-state index contributed by atoms with van der Waals surface area (Å²) in [6, 6.07) is 26.6. The molecule has 4 aromatic rings. The molecule has 0 spiro atoms. The van der Waals surface area contributed by atoms with Gasteiger partial charge in [-0.15, -0.1) is 11.3 Å². The second-order valence-corrected chi connectivity index (χ2v) is 7.77. The van der Waals surface area contributed by atoms with Crippen LogP contribution in [0.4, 0.5) is 0 Å². The van der Waals surface area contributed by atoms with E-state index < -0.39 is 0 Å². The summed E-state index contributed by atoms with van der Waals surface area (Å²) >= 11 is 1.93. The molecule has 0 saturated heterocycles. The molecule has 4 rings (SSSR count). The predicted octanol–water partition coefficient (Wildman–Crippen LogP) is 6.34. The molecule has 25 heavy (non-hydrogen) atoms. The van der Waals surface area contributed by atoms with Crippen molar-refractivity contribution in [2.24, 2.45) is 0 Å². The molecule has 0 aliphatic rings. The van der Waals surface area contributed by atoms with Crippen molar-refractivity contribution >= 4 is 32.2 Å². The third-order valence-electron chi connectivity index (χ3n) is 4.82. The van der Waals surface area contributed by atoms with Gasteiger partial charge in [0.05, 0.1) is 0 Å². The van der Waals surface area contributed by atoms with Gasteiger partial charge in [-0.1, -0.05) is 60.7 Å². The number of nitrogens with one attached hydrogen (secondary N) is 1. The third kappa shape index (κ3) is 3.60. The standard InChI is InChI=1S/C23H23NS/c1-17(21-13-6-10-18-8-2-4-12-22(18)21)24-15-7-11-20-16-19-9-3-5-14-23(19)25-20/h2-6,8-10,12-14,16-17,24H,7,11,15H2,1H3. The summed E-state index contributed by atoms with van der Waals surface area (Å²) in [6.45, 7) is 3.31. The SMILES string of the molecule is CC(NCCCc1cc2ccccc2s1)c1cccc2ccccc12. The zero-order valence-electron chi connectivity index (χ0n) is 14.5. The van der Waals surface area contributed by atoms with Crippen LogP contribution >= 0.6 is 11.3 Å². The summed E-state index contributed by atoms with van der Waals surface area (Å²) in [4.78, 5) is 1.49. The van der Waals surface area contributed by atoms with Gasteiger partial charge in [0.1, 0.15) is 0 Å². The lowest BCUT2D eigenvalue weighted by Crippen LogP contribution is -2.20. The molecule has 0 saturated carbocycles. The lowest BCUT2D eigenvalue weighted by atomic mass is 9.99. The van der Waals surface area contributed by atoms with E-state index in [-0.39, 0.29) is 0 Å². The van der Waals surface area contributed by atoms with Crippen molar-refractivity contribution in [3.8, 4) is 0 Å². The zero-order valence-corrected chi connectivity index (χ0v) is 15.4. The van der Waals surface area contributed by atoms with Gasteiger partial charge >= 0.3 is 0 Å². The fourth-order valence-electron chi connectivity index (χ4n) is 3.48. The van der Waals surface area contributed by atoms with Gasteiger partial charge in [0.2, 0.25) is 0 Å². The first-order chi connectivity index (χ1) is 12.3. The molecule has 1 N–H and O–H groups in total. The summed E-state index contributed by atoms with van der Waals surface area (Å²) in [5.74, 6) is 0. The molecule has 2 heteroatoms. The second kappa shape index (κ2) is 7.38. The summed E-state index contributed by atoms with van der Waals surface area (Å²) in [5, 5.41) is 7.75. The Balaban J connectivity index is 1.36. The van der Waals surface area contributed by atoms with E-state index in [1.807, 2.05) is 11.3 Å². The van der Waals surface area contributed by atoms with E-state index in [1.54, 1.807) is 0 Å². The second-order valence-electron chi connectivity index (χ2n) is 6.60. The molecule has 1 nitrogen and oxygen atoms in total. The van der Waals surface area contributed by atoms with E-state index in [1.165, 1.54) is 37.7 Å². The number of fused-ring (bicyclic) bond motifs is 2. The van der Waals surface area contributed by atoms with E-state index in [0.717, 1.165) is 13.0 Å². The lowest BCUT2D eigenvalue weighted by Gasteiger charge is -2.16. The Morgan fingerprint density at radius 2 is 1.64 bits per heavy atom. The molecular formula is C23H23NS. The topological polar surface area (TPSA) is 12.0 Å². The molecule has 1 aromatic heterocycles. The minimum Gasteiger partial charge on any atom is -0.310 e. The van der Waals surface area contributed by atoms with Crippen LogP contribution < -0.4 is 5.32 Å². The molecule has 126 valence electrons. The van der Waals surface area contributed by atoms with Crippen LogP contribution in [-0.2, 0) is 6.42 Å². The molecule has 0 radical (unpaired) electrons. The average Bonchev–Trinajstić information content (AvgIpc) is 3.07. The summed E-state index contributed by atoms with van der Waals surface area (Å²) in [7, 11) is 0. The van der Waals surface area contributed by atoms with Crippen molar-refractivity contribution in [3.63, 3.8) is 0 Å². The van der Waals surface area contributed by atoms with Gasteiger partial charge in [-0.25, -0.2) is 0 Å². The van der Waals surface area contributed by atoms with Crippen LogP contribution in [0.15, 0.2) is 72.8 Å². The number of thiophene rings is 1. The van der Waals surface area contributed by atoms with Crippen molar-refractivity contribution in [2.45, 2.75) is 25.8 Å². The molecule has 0 aliphatic carbocycles. The quantitative estimate of drug-likeness (QED) is 0.402. The van der Waals surface area contributed by atoms with Crippen LogP contribution in [0.1, 0.15) is 29.8 Å². The summed E-state index contributed by atoms with van der Waals surface area (Å²) in [6.07, 6.45) is 2.32. The predicted molar refractivity (Wildman–Crippen MR) is 111 cm³/mol. The smallest absolute Gasteiger partial charge is 0.0345 e. The first-order valence-electron chi connectivity index (χ1n) is 9.00. The van der Waals surface area contributed by atoms with E-state index in [2.05, 4.69) is 85.0 Å². The highest BCUT2D eigenvalue weighted by atomic mass is 32.1. The van der Waals surface area contributed by atoms with Crippen LogP contribution in [0.25, 0.3) is 20.9 Å². The van der Waals surface area contributed by atoms with Crippen molar-refractivity contribution in [1.82, 2.24) is 5.32 Å². The van der Waals surface area contributed by atoms with Crippen LogP contribution in [0.2, 0.25) is 0 Å². The van der Waals surface area contributed by atoms with E-state index in [9.17, 15) is 0 Å². The van der Waals surface area contributed by atoms with E-state index in [4.69, 9.17) is 0 Å². The van der Waals surface area contributed by atoms with Crippen LogP contribution in [0.3, 0.4) is 0 Å². The van der Waals surface area contributed by atoms with Crippen LogP contribution in [-0.4, -0.2) is 6.54 Å². The van der Waals surface area contributed by atoms with Gasteiger partial charge in [-0.3, -0.25) is 0 Å². The normalized spacial score (nSPS) is 12.7. The highest BCUT2D eigenvalue weighted by molar-refractivity contribution is 7.19. The fourth-order valence-corrected chi connectivity index (χ4v) is 4.59. The molecule has 1 heterocycles. The van der Waals surface area contributed by atoms with Gasteiger partial charge in [-0.05, 0) is 60.2 Å². The van der Waals surface area contributed by atoms with Crippen molar-refractivity contribution in [3.05, 3.63) is 83.2 Å². The third-order valence-corrected chi connectivity index (χ3v) is 5.99. The largest absolute Gasteiger partial charge is 0.310 e. The molecular weight excluding hydrogens is 322 g/mol. The molecule has 1 atom stereocenters. The van der Waals surface area contributed by atoms with Crippen molar-refractivity contribution in [1.29, 1.82) is 0 Å². The van der Waals surface area contributed by atoms with Gasteiger partial charge in [0.15, 0.2) is 0 Å². The average molecular weight is 346 g/mol. The maximum atomic E-state index is 3.70. The zero-order chi connectivity index (χ0) is 17.1. The Labute approximate surface area is 153 Å². The molecule has 0 amide bonds. The molecule has 0 fully saturated rings. The maximum Gasteiger partial charge on any atom is 0.0345 e. The maximum absolute atomic E-state index is 3.70. The summed E-state index contributed by atoms with van der Waals surface area (Å²) < 4.78 is 1.40. The van der Waals surface area contributed by atoms with Crippen molar-refractivity contribution < 1.29 is 0 Å². The monoisotopic (exact) mass is 345 g/mol. The number of benzene rings is 3. The molecule has 0 bridgehead atoms. The first-order valence-corrected chi connectivity index (χ1v) is 9.81. The van der Waals surface area contributed by atoms with Crippen LogP contribution in [0, 0.1) is 0 Å². The molecule has 3 aromatic carbocycles. The molecule has 1 unspecified atom stereocenters. The minimum absolute atomic E-state index is 0.369. The molecule has 0 aliphatic heterocycles. The number of rotatable bonds is 6. The highest BCUT2D eigenvalue weighted by Gasteiger charge is 2.08. The Hall–Kier alpha value is -2.16. The van der Waals surface area contributed by atoms with Gasteiger partial charge in [0.25, 0.3) is 0 Å². The van der Waals surface area contributed by atoms with Gasteiger partial charge in [0, 0.05) is 15.6 Å². The number of hydrogen-bond donors (Lipinski definition) is 1. The van der Waals surface area contributed by atoms with E-state index >= 15 is 0 Å². The Kier molecular flexibility index (Phi) is 4.82. The Morgan fingerprint density at radius 1 is 0.880 bits per heavy atom. The summed E-state index contributed by atoms with van der Waals surface area (Å²) in [5.41, 5.74) is 1.39. The van der Waals surface area contributed by atoms with Crippen molar-refractivity contribution in [2.75, 3.05) is 6.54 Å². The van der Waals surface area contributed by atoms with Crippen LogP contribution in [0.5, 0.6) is 0 Å². The highest BCUT2D eigenvalue weighted by Crippen LogP contribution is 2.26. The lowest BCUT2D eigenvalue weighted by molar-refractivity contribution is 0.562. The van der Waals surface area contributed by atoms with Gasteiger partial charge < -0.3 is 5.32 Å². The Bertz CT molecular complexity index is 947. The Morgan fingerprint density at radius 3 is 2.52 bits per heavy atom. The first kappa shape index (κ1) is 16.3. The minimum atomic E-state index is 0.369. The number of aryl methyl sites for hydroxylation is 1. The number of hydrogen-bond acceptors (Lipinski definition) is 2. The van der Waals surface area contributed by atoms with Gasteiger partial charge in [-0.2, -0.15) is 0 Å². The van der Waals surface area contributed by atoms with E-state index in [0.29, 0.717) is 6.04 Å². The fraction of sp³-hybridized carbons (Fsp3) is 0.217.